The van der Waals surface area contributed by atoms with Crippen molar-refractivity contribution >= 4 is 27.5 Å². The number of phenolic OH excluding ortho intramolecular Hbond substituents is 1. The SMILES string of the molecule is CC(=O)Nc1ccc(-c2noc(-c3cc(Br)ccc3O)n2)nc1. The van der Waals surface area contributed by atoms with E-state index in [9.17, 15) is 9.90 Å². The van der Waals surface area contributed by atoms with Crippen molar-refractivity contribution in [3.63, 3.8) is 0 Å². The van der Waals surface area contributed by atoms with E-state index in [1.54, 1.807) is 24.3 Å². The number of halogens is 1. The maximum Gasteiger partial charge on any atom is 0.262 e. The Labute approximate surface area is 139 Å². The number of benzene rings is 1. The molecule has 0 bridgehead atoms. The zero-order valence-electron chi connectivity index (χ0n) is 11.9. The van der Waals surface area contributed by atoms with Crippen molar-refractivity contribution in [2.75, 3.05) is 5.32 Å². The number of aromatic nitrogens is 3. The van der Waals surface area contributed by atoms with Gasteiger partial charge in [-0.05, 0) is 30.3 Å². The van der Waals surface area contributed by atoms with Crippen LogP contribution in [0.5, 0.6) is 5.75 Å². The van der Waals surface area contributed by atoms with Crippen LogP contribution in [0.3, 0.4) is 0 Å². The molecule has 23 heavy (non-hydrogen) atoms. The first kappa shape index (κ1) is 15.2. The van der Waals surface area contributed by atoms with E-state index in [2.05, 4.69) is 36.4 Å². The van der Waals surface area contributed by atoms with Gasteiger partial charge in [-0.25, -0.2) is 0 Å². The number of phenols is 1. The van der Waals surface area contributed by atoms with Crippen molar-refractivity contribution in [2.45, 2.75) is 6.92 Å². The molecule has 8 heteroatoms. The molecular weight excluding hydrogens is 364 g/mol. The number of nitrogens with zero attached hydrogens (tertiary/aromatic N) is 3. The van der Waals surface area contributed by atoms with Crippen LogP contribution in [0.1, 0.15) is 6.92 Å². The molecule has 3 rings (SSSR count). The number of anilines is 1. The van der Waals surface area contributed by atoms with Crippen molar-refractivity contribution in [3.8, 4) is 28.7 Å². The zero-order valence-corrected chi connectivity index (χ0v) is 13.5. The zero-order chi connectivity index (χ0) is 16.4. The van der Waals surface area contributed by atoms with Gasteiger partial charge < -0.3 is 14.9 Å². The molecule has 0 aliphatic rings. The third-order valence-corrected chi connectivity index (χ3v) is 3.42. The number of aromatic hydroxyl groups is 1. The summed E-state index contributed by atoms with van der Waals surface area (Å²) in [5, 5.41) is 16.4. The maximum absolute atomic E-state index is 11.0. The molecule has 1 aromatic carbocycles. The van der Waals surface area contributed by atoms with E-state index in [0.29, 0.717) is 16.9 Å². The summed E-state index contributed by atoms with van der Waals surface area (Å²) in [7, 11) is 0. The molecule has 0 atom stereocenters. The number of carbonyl (C=O) groups is 1. The Bertz CT molecular complexity index is 861. The highest BCUT2D eigenvalue weighted by Crippen LogP contribution is 2.31. The van der Waals surface area contributed by atoms with Gasteiger partial charge in [-0.15, -0.1) is 0 Å². The number of hydrogen-bond acceptors (Lipinski definition) is 6. The summed E-state index contributed by atoms with van der Waals surface area (Å²) in [5.74, 6) is 0.337. The van der Waals surface area contributed by atoms with Crippen molar-refractivity contribution < 1.29 is 14.4 Å². The van der Waals surface area contributed by atoms with Crippen LogP contribution in [0, 0.1) is 0 Å². The van der Waals surface area contributed by atoms with Crippen LogP contribution in [0.25, 0.3) is 23.0 Å². The molecule has 2 N–H and O–H groups in total. The fourth-order valence-electron chi connectivity index (χ4n) is 1.92. The van der Waals surface area contributed by atoms with Gasteiger partial charge in [0, 0.05) is 11.4 Å². The standard InChI is InChI=1S/C15H11BrN4O3/c1-8(21)18-10-3-4-12(17-7-10)14-19-15(23-20-14)11-6-9(16)2-5-13(11)22/h2-7,22H,1H3,(H,18,21). The topological polar surface area (TPSA) is 101 Å². The summed E-state index contributed by atoms with van der Waals surface area (Å²) in [6.07, 6.45) is 1.50. The van der Waals surface area contributed by atoms with Crippen molar-refractivity contribution in [1.82, 2.24) is 15.1 Å². The largest absolute Gasteiger partial charge is 0.507 e. The molecule has 0 saturated carbocycles. The first-order chi connectivity index (χ1) is 11.0. The van der Waals surface area contributed by atoms with Gasteiger partial charge >= 0.3 is 0 Å². The quantitative estimate of drug-likeness (QED) is 0.729. The maximum atomic E-state index is 11.0. The minimum Gasteiger partial charge on any atom is -0.507 e. The average Bonchev–Trinajstić information content (AvgIpc) is 2.99. The van der Waals surface area contributed by atoms with Gasteiger partial charge in [0.15, 0.2) is 0 Å². The summed E-state index contributed by atoms with van der Waals surface area (Å²) in [4.78, 5) is 19.4. The Balaban J connectivity index is 1.89. The summed E-state index contributed by atoms with van der Waals surface area (Å²) >= 11 is 3.33. The van der Waals surface area contributed by atoms with Crippen LogP contribution in [-0.2, 0) is 4.79 Å². The highest BCUT2D eigenvalue weighted by Gasteiger charge is 2.15. The van der Waals surface area contributed by atoms with E-state index in [-0.39, 0.29) is 23.4 Å². The number of hydrogen-bond donors (Lipinski definition) is 2. The fourth-order valence-corrected chi connectivity index (χ4v) is 2.28. The predicted octanol–water partition coefficient (Wildman–Crippen LogP) is 3.23. The second-order valence-electron chi connectivity index (χ2n) is 4.70. The number of pyridine rings is 1. The molecule has 0 radical (unpaired) electrons. The van der Waals surface area contributed by atoms with Gasteiger partial charge in [0.2, 0.25) is 11.7 Å². The van der Waals surface area contributed by atoms with Crippen LogP contribution < -0.4 is 5.32 Å². The van der Waals surface area contributed by atoms with Crippen LogP contribution in [-0.4, -0.2) is 26.1 Å². The van der Waals surface area contributed by atoms with E-state index in [1.807, 2.05) is 0 Å². The van der Waals surface area contributed by atoms with E-state index >= 15 is 0 Å². The average molecular weight is 375 g/mol. The van der Waals surface area contributed by atoms with E-state index in [1.165, 1.54) is 19.2 Å². The summed E-state index contributed by atoms with van der Waals surface area (Å²) in [6, 6.07) is 8.28. The Morgan fingerprint density at radius 2 is 2.13 bits per heavy atom. The molecule has 0 aliphatic heterocycles. The van der Waals surface area contributed by atoms with Gasteiger partial charge in [0.1, 0.15) is 11.4 Å². The molecule has 1 amide bonds. The summed E-state index contributed by atoms with van der Waals surface area (Å²) in [5.41, 5.74) is 1.49. The third-order valence-electron chi connectivity index (χ3n) is 2.93. The van der Waals surface area contributed by atoms with Gasteiger partial charge in [-0.1, -0.05) is 21.1 Å². The minimum atomic E-state index is -0.175. The lowest BCUT2D eigenvalue weighted by Crippen LogP contribution is -2.05. The van der Waals surface area contributed by atoms with Crippen LogP contribution in [0.4, 0.5) is 5.69 Å². The lowest BCUT2D eigenvalue weighted by atomic mass is 10.2. The highest BCUT2D eigenvalue weighted by molar-refractivity contribution is 9.10. The van der Waals surface area contributed by atoms with Crippen molar-refractivity contribution in [3.05, 3.63) is 41.0 Å². The molecule has 2 aromatic heterocycles. The van der Waals surface area contributed by atoms with Crippen LogP contribution >= 0.6 is 15.9 Å². The Hall–Kier alpha value is -2.74. The van der Waals surface area contributed by atoms with Gasteiger partial charge in [-0.3, -0.25) is 9.78 Å². The third kappa shape index (κ3) is 3.37. The number of rotatable bonds is 3. The van der Waals surface area contributed by atoms with Gasteiger partial charge in [-0.2, -0.15) is 4.98 Å². The van der Waals surface area contributed by atoms with Crippen molar-refractivity contribution in [2.24, 2.45) is 0 Å². The normalized spacial score (nSPS) is 10.5. The lowest BCUT2D eigenvalue weighted by molar-refractivity contribution is -0.114. The molecule has 7 nitrogen and oxygen atoms in total. The molecule has 0 fully saturated rings. The van der Waals surface area contributed by atoms with Crippen LogP contribution in [0.15, 0.2) is 45.5 Å². The first-order valence-electron chi connectivity index (χ1n) is 6.59. The van der Waals surface area contributed by atoms with E-state index in [4.69, 9.17) is 4.52 Å². The van der Waals surface area contributed by atoms with Crippen molar-refractivity contribution in [1.29, 1.82) is 0 Å². The van der Waals surface area contributed by atoms with Gasteiger partial charge in [0.25, 0.3) is 5.89 Å². The summed E-state index contributed by atoms with van der Waals surface area (Å²) in [6.45, 7) is 1.42. The molecule has 116 valence electrons. The molecule has 0 unspecified atom stereocenters. The fraction of sp³-hybridized carbons (Fsp3) is 0.0667. The highest BCUT2D eigenvalue weighted by atomic mass is 79.9. The number of amides is 1. The molecule has 0 aliphatic carbocycles. The van der Waals surface area contributed by atoms with Crippen LogP contribution in [0.2, 0.25) is 0 Å². The monoisotopic (exact) mass is 374 g/mol. The van der Waals surface area contributed by atoms with Gasteiger partial charge in [0.05, 0.1) is 17.4 Å². The minimum absolute atomic E-state index is 0.0392. The number of carbonyl (C=O) groups excluding carboxylic acids is 1. The first-order valence-corrected chi connectivity index (χ1v) is 7.39. The molecule has 2 heterocycles. The second-order valence-corrected chi connectivity index (χ2v) is 5.61. The second kappa shape index (κ2) is 6.17. The van der Waals surface area contributed by atoms with E-state index < -0.39 is 0 Å². The number of nitrogens with one attached hydrogen (secondary N) is 1. The Kier molecular flexibility index (Phi) is 4.07. The Morgan fingerprint density at radius 3 is 2.83 bits per heavy atom. The Morgan fingerprint density at radius 1 is 1.30 bits per heavy atom. The summed E-state index contributed by atoms with van der Waals surface area (Å²) < 4.78 is 5.96. The van der Waals surface area contributed by atoms with E-state index in [0.717, 1.165) is 4.47 Å². The molecule has 0 saturated heterocycles. The molecule has 3 aromatic rings. The molecule has 0 spiro atoms. The molecular formula is C15H11BrN4O3. The smallest absolute Gasteiger partial charge is 0.262 e. The lowest BCUT2D eigenvalue weighted by Gasteiger charge is -2.01. The predicted molar refractivity (Wildman–Crippen MR) is 86.6 cm³/mol.